The van der Waals surface area contributed by atoms with E-state index in [2.05, 4.69) is 6.92 Å². The average molecular weight is 251 g/mol. The van der Waals surface area contributed by atoms with Crippen LogP contribution < -0.4 is 5.73 Å². The lowest BCUT2D eigenvalue weighted by Crippen LogP contribution is -2.18. The molecule has 2 nitrogen and oxygen atoms in total. The molecule has 1 fully saturated rings. The van der Waals surface area contributed by atoms with E-state index in [1.165, 1.54) is 37.8 Å². The van der Waals surface area contributed by atoms with Crippen molar-refractivity contribution < 1.29 is 9.13 Å². The molecule has 0 bridgehead atoms. The Bertz CT molecular complexity index is 394. The van der Waals surface area contributed by atoms with Gasteiger partial charge in [0.2, 0.25) is 0 Å². The second-order valence-electron chi connectivity index (χ2n) is 5.50. The monoisotopic (exact) mass is 251 g/mol. The highest BCUT2D eigenvalue weighted by Gasteiger charge is 2.18. The van der Waals surface area contributed by atoms with Gasteiger partial charge in [-0.1, -0.05) is 19.8 Å². The average Bonchev–Trinajstić information content (AvgIpc) is 2.34. The molecule has 0 radical (unpaired) electrons. The van der Waals surface area contributed by atoms with Crippen LogP contribution >= 0.6 is 0 Å². The summed E-state index contributed by atoms with van der Waals surface area (Å²) in [5.74, 6) is 1.21. The molecule has 100 valence electrons. The van der Waals surface area contributed by atoms with E-state index in [0.717, 1.165) is 18.1 Å². The maximum absolute atomic E-state index is 13.1. The highest BCUT2D eigenvalue weighted by Crippen LogP contribution is 2.29. The molecule has 2 rings (SSSR count). The van der Waals surface area contributed by atoms with Crippen LogP contribution in [0.2, 0.25) is 0 Å². The fourth-order valence-corrected chi connectivity index (χ4v) is 2.75. The predicted molar refractivity (Wildman–Crippen MR) is 71.6 cm³/mol. The number of hydrogen-bond acceptors (Lipinski definition) is 2. The van der Waals surface area contributed by atoms with Crippen LogP contribution in [-0.4, -0.2) is 6.61 Å². The third-order valence-corrected chi connectivity index (χ3v) is 3.76. The highest BCUT2D eigenvalue weighted by molar-refractivity contribution is 5.46. The van der Waals surface area contributed by atoms with Crippen LogP contribution in [0.25, 0.3) is 0 Å². The lowest BCUT2D eigenvalue weighted by Gasteiger charge is -2.26. The van der Waals surface area contributed by atoms with E-state index < -0.39 is 0 Å². The maximum Gasteiger partial charge on any atom is 0.123 e. The van der Waals surface area contributed by atoms with Crippen molar-refractivity contribution in [3.05, 3.63) is 29.6 Å². The van der Waals surface area contributed by atoms with Gasteiger partial charge in [0.05, 0.1) is 6.61 Å². The normalized spacial score (nSPS) is 24.1. The first-order chi connectivity index (χ1) is 8.65. The molecule has 0 saturated heterocycles. The largest absolute Gasteiger partial charge is 0.398 e. The maximum atomic E-state index is 13.1. The number of rotatable bonds is 4. The van der Waals surface area contributed by atoms with Crippen LogP contribution in [0, 0.1) is 17.7 Å². The zero-order valence-corrected chi connectivity index (χ0v) is 11.0. The second-order valence-corrected chi connectivity index (χ2v) is 5.50. The molecule has 0 aliphatic heterocycles. The van der Waals surface area contributed by atoms with E-state index >= 15 is 0 Å². The summed E-state index contributed by atoms with van der Waals surface area (Å²) in [6.45, 7) is 3.48. The molecule has 0 heterocycles. The van der Waals surface area contributed by atoms with E-state index in [9.17, 15) is 4.39 Å². The Morgan fingerprint density at radius 1 is 1.39 bits per heavy atom. The molecule has 18 heavy (non-hydrogen) atoms. The van der Waals surface area contributed by atoms with Crippen molar-refractivity contribution in [3.63, 3.8) is 0 Å². The van der Waals surface area contributed by atoms with Gasteiger partial charge in [-0.15, -0.1) is 0 Å². The zero-order valence-electron chi connectivity index (χ0n) is 11.0. The van der Waals surface area contributed by atoms with Crippen molar-refractivity contribution in [1.29, 1.82) is 0 Å². The van der Waals surface area contributed by atoms with Gasteiger partial charge in [-0.3, -0.25) is 0 Å². The molecule has 1 aromatic carbocycles. The Labute approximate surface area is 108 Å². The first kappa shape index (κ1) is 13.3. The number of ether oxygens (including phenoxy) is 1. The van der Waals surface area contributed by atoms with Gasteiger partial charge < -0.3 is 10.5 Å². The third-order valence-electron chi connectivity index (χ3n) is 3.76. The molecule has 1 aliphatic carbocycles. The minimum Gasteiger partial charge on any atom is -0.398 e. The minimum atomic E-state index is -0.255. The summed E-state index contributed by atoms with van der Waals surface area (Å²) >= 11 is 0. The quantitative estimate of drug-likeness (QED) is 0.827. The van der Waals surface area contributed by atoms with Crippen molar-refractivity contribution in [3.8, 4) is 0 Å². The molecule has 2 unspecified atom stereocenters. The Morgan fingerprint density at radius 2 is 2.22 bits per heavy atom. The first-order valence-electron chi connectivity index (χ1n) is 6.77. The van der Waals surface area contributed by atoms with Gasteiger partial charge in [0.15, 0.2) is 0 Å². The molecule has 0 spiro atoms. The lowest BCUT2D eigenvalue weighted by molar-refractivity contribution is 0.0659. The Balaban J connectivity index is 1.79. The summed E-state index contributed by atoms with van der Waals surface area (Å²) in [4.78, 5) is 0. The molecule has 1 saturated carbocycles. The zero-order chi connectivity index (χ0) is 13.0. The van der Waals surface area contributed by atoms with E-state index in [-0.39, 0.29) is 5.82 Å². The molecular weight excluding hydrogens is 229 g/mol. The number of halogens is 1. The van der Waals surface area contributed by atoms with E-state index in [1.54, 1.807) is 6.07 Å². The van der Waals surface area contributed by atoms with Gasteiger partial charge >= 0.3 is 0 Å². The summed E-state index contributed by atoms with van der Waals surface area (Å²) in [5, 5.41) is 0. The molecule has 0 aromatic heterocycles. The number of nitrogens with two attached hydrogens (primary N) is 1. The minimum absolute atomic E-state index is 0.255. The van der Waals surface area contributed by atoms with Crippen LogP contribution in [0.1, 0.15) is 38.2 Å². The molecule has 2 atom stereocenters. The van der Waals surface area contributed by atoms with E-state index in [1.807, 2.05) is 0 Å². The third kappa shape index (κ3) is 3.70. The van der Waals surface area contributed by atoms with Crippen molar-refractivity contribution >= 4 is 5.69 Å². The Hall–Kier alpha value is -1.09. The number of nitrogen functional groups attached to an aromatic ring is 1. The van der Waals surface area contributed by atoms with Gasteiger partial charge in [0.25, 0.3) is 0 Å². The van der Waals surface area contributed by atoms with E-state index in [4.69, 9.17) is 10.5 Å². The van der Waals surface area contributed by atoms with Crippen LogP contribution in [0.5, 0.6) is 0 Å². The lowest BCUT2D eigenvalue weighted by atomic mass is 9.83. The van der Waals surface area contributed by atoms with E-state index in [0.29, 0.717) is 18.2 Å². The van der Waals surface area contributed by atoms with Crippen molar-refractivity contribution in [1.82, 2.24) is 0 Å². The van der Waals surface area contributed by atoms with Crippen molar-refractivity contribution in [2.75, 3.05) is 12.3 Å². The van der Waals surface area contributed by atoms with Crippen LogP contribution in [0.4, 0.5) is 10.1 Å². The predicted octanol–water partition coefficient (Wildman–Crippen LogP) is 3.75. The summed E-state index contributed by atoms with van der Waals surface area (Å²) in [6, 6.07) is 4.43. The number of benzene rings is 1. The summed E-state index contributed by atoms with van der Waals surface area (Å²) < 4.78 is 18.8. The highest BCUT2D eigenvalue weighted by atomic mass is 19.1. The standard InChI is InChI=1S/C15H22FNO/c1-11-3-2-4-12(7-11)9-18-10-13-8-14(16)5-6-15(13)17/h5-6,8,11-12H,2-4,7,9-10,17H2,1H3. The van der Waals surface area contributed by atoms with Crippen molar-refractivity contribution in [2.45, 2.75) is 39.2 Å². The van der Waals surface area contributed by atoms with Gasteiger partial charge in [-0.2, -0.15) is 0 Å². The topological polar surface area (TPSA) is 35.2 Å². The van der Waals surface area contributed by atoms with Crippen LogP contribution in [-0.2, 0) is 11.3 Å². The number of anilines is 1. The summed E-state index contributed by atoms with van der Waals surface area (Å²) in [5.41, 5.74) is 7.14. The van der Waals surface area contributed by atoms with Gasteiger partial charge in [-0.25, -0.2) is 4.39 Å². The first-order valence-corrected chi connectivity index (χ1v) is 6.77. The molecule has 0 amide bonds. The number of hydrogen-bond donors (Lipinski definition) is 1. The molecule has 3 heteroatoms. The smallest absolute Gasteiger partial charge is 0.123 e. The summed E-state index contributed by atoms with van der Waals surface area (Å²) in [6.07, 6.45) is 5.15. The van der Waals surface area contributed by atoms with Gasteiger partial charge in [0.1, 0.15) is 5.82 Å². The van der Waals surface area contributed by atoms with Crippen LogP contribution in [0.3, 0.4) is 0 Å². The molecule has 1 aliphatic rings. The second kappa shape index (κ2) is 6.19. The molecule has 1 aromatic rings. The fourth-order valence-electron chi connectivity index (χ4n) is 2.75. The Morgan fingerprint density at radius 3 is 3.00 bits per heavy atom. The fraction of sp³-hybridized carbons (Fsp3) is 0.600. The van der Waals surface area contributed by atoms with Crippen molar-refractivity contribution in [2.24, 2.45) is 11.8 Å². The molecular formula is C15H22FNO. The van der Waals surface area contributed by atoms with Crippen LogP contribution in [0.15, 0.2) is 18.2 Å². The molecule has 2 N–H and O–H groups in total. The van der Waals surface area contributed by atoms with Gasteiger partial charge in [0, 0.05) is 17.9 Å². The van der Waals surface area contributed by atoms with Gasteiger partial charge in [-0.05, 0) is 42.9 Å². The SMILES string of the molecule is CC1CCCC(COCc2cc(F)ccc2N)C1. The summed E-state index contributed by atoms with van der Waals surface area (Å²) in [7, 11) is 0. The Kier molecular flexibility index (Phi) is 4.59.